The molecule has 0 aliphatic carbocycles. The molecular weight excluding hydrogens is 460 g/mol. The summed E-state index contributed by atoms with van der Waals surface area (Å²) in [7, 11) is 1.69. The second kappa shape index (κ2) is 8.88. The molecule has 1 aromatic heterocycles. The van der Waals surface area contributed by atoms with Gasteiger partial charge in [0.15, 0.2) is 0 Å². The van der Waals surface area contributed by atoms with Gasteiger partial charge in [0.25, 0.3) is 5.69 Å². The van der Waals surface area contributed by atoms with E-state index in [0.29, 0.717) is 21.4 Å². The monoisotopic (exact) mass is 478 g/mol. The number of nitrogens with zero attached hydrogens (tertiary/aromatic N) is 6. The Balaban J connectivity index is 1.50. The van der Waals surface area contributed by atoms with E-state index in [-0.39, 0.29) is 29.3 Å². The van der Waals surface area contributed by atoms with E-state index < -0.39 is 22.9 Å². The van der Waals surface area contributed by atoms with E-state index in [1.54, 1.807) is 14.0 Å². The van der Waals surface area contributed by atoms with Gasteiger partial charge < -0.3 is 9.84 Å². The van der Waals surface area contributed by atoms with Crippen LogP contribution in [0.3, 0.4) is 0 Å². The molecule has 14 heteroatoms. The summed E-state index contributed by atoms with van der Waals surface area (Å²) < 4.78 is 6.91. The van der Waals surface area contributed by atoms with E-state index in [1.807, 2.05) is 0 Å². The number of aromatic nitrogens is 4. The number of non-ortho nitro benzene ring substituents is 1. The first-order valence-corrected chi connectivity index (χ1v) is 11.3. The zero-order valence-corrected chi connectivity index (χ0v) is 18.6. The summed E-state index contributed by atoms with van der Waals surface area (Å²) >= 11 is 2.65. The molecule has 0 unspecified atom stereocenters. The molecule has 3 atom stereocenters. The summed E-state index contributed by atoms with van der Waals surface area (Å²) in [5, 5.41) is 32.1. The van der Waals surface area contributed by atoms with E-state index in [1.165, 1.54) is 57.4 Å². The van der Waals surface area contributed by atoms with Crippen molar-refractivity contribution in [3.05, 3.63) is 50.5 Å². The molecular formula is C18H18N6O6S2. The first kappa shape index (κ1) is 22.2. The van der Waals surface area contributed by atoms with Crippen molar-refractivity contribution in [1.82, 2.24) is 25.1 Å². The standard InChI is InChI=1S/C18H18N6O6S2/c1-9(25)13-15(26)23-14(12(32-16(13)23)8-31-18-19-20-21-22(18)2)17(27)30-7-10-3-5-11(6-4-10)24(28)29/h3-6,9,13,16,25H,7-8H2,1-2H3/t9-,13+,16+/m0/s1. The number of thioether (sulfide) groups is 2. The Labute approximate surface area is 190 Å². The molecule has 1 N–H and O–H groups in total. The summed E-state index contributed by atoms with van der Waals surface area (Å²) in [6.45, 7) is 1.44. The number of β-lactam (4-membered cyclic amide) rings is 1. The molecule has 168 valence electrons. The number of esters is 1. The number of carbonyl (C=O) groups excluding carboxylic acids is 2. The fourth-order valence-corrected chi connectivity index (χ4v) is 5.90. The number of fused-ring (bicyclic) bond motifs is 1. The lowest BCUT2D eigenvalue weighted by Gasteiger charge is -2.43. The lowest BCUT2D eigenvalue weighted by Crippen LogP contribution is -2.60. The summed E-state index contributed by atoms with van der Waals surface area (Å²) in [4.78, 5) is 37.8. The predicted molar refractivity (Wildman–Crippen MR) is 113 cm³/mol. The van der Waals surface area contributed by atoms with Gasteiger partial charge in [0.2, 0.25) is 11.1 Å². The molecule has 0 saturated carbocycles. The van der Waals surface area contributed by atoms with Crippen molar-refractivity contribution in [2.45, 2.75) is 30.2 Å². The van der Waals surface area contributed by atoms with Crippen LogP contribution in [0.25, 0.3) is 0 Å². The number of aliphatic hydroxyl groups excluding tert-OH is 1. The largest absolute Gasteiger partial charge is 0.456 e. The number of benzene rings is 1. The Morgan fingerprint density at radius 3 is 2.72 bits per heavy atom. The summed E-state index contributed by atoms with van der Waals surface area (Å²) in [6.07, 6.45) is -0.844. The number of aryl methyl sites for hydroxylation is 1. The average Bonchev–Trinajstić information content (AvgIpc) is 3.31. The van der Waals surface area contributed by atoms with Gasteiger partial charge in [-0.3, -0.25) is 19.8 Å². The molecule has 12 nitrogen and oxygen atoms in total. The number of carbonyl (C=O) groups is 2. The highest BCUT2D eigenvalue weighted by Crippen LogP contribution is 2.51. The highest BCUT2D eigenvalue weighted by molar-refractivity contribution is 8.06. The molecule has 2 aromatic rings. The van der Waals surface area contributed by atoms with Crippen LogP contribution in [0.2, 0.25) is 0 Å². The van der Waals surface area contributed by atoms with E-state index in [2.05, 4.69) is 15.5 Å². The maximum absolute atomic E-state index is 12.9. The van der Waals surface area contributed by atoms with Gasteiger partial charge in [-0.05, 0) is 35.0 Å². The Morgan fingerprint density at radius 1 is 1.41 bits per heavy atom. The number of tetrazole rings is 1. The molecule has 4 rings (SSSR count). The SMILES string of the molecule is C[C@H](O)[C@@H]1C(=O)N2C(C(=O)OCc3ccc([N+](=O)[O-])cc3)=C(CSc3nnnn3C)S[C@H]12. The van der Waals surface area contributed by atoms with E-state index in [4.69, 9.17) is 4.74 Å². The second-order valence-corrected chi connectivity index (χ2v) is 9.28. The van der Waals surface area contributed by atoms with Crippen molar-refractivity contribution >= 4 is 41.1 Å². The number of amides is 1. The molecule has 0 radical (unpaired) electrons. The van der Waals surface area contributed by atoms with Crippen molar-refractivity contribution in [2.75, 3.05) is 5.75 Å². The van der Waals surface area contributed by atoms with Gasteiger partial charge in [-0.15, -0.1) is 16.9 Å². The van der Waals surface area contributed by atoms with Gasteiger partial charge in [-0.2, -0.15) is 0 Å². The number of hydrogen-bond acceptors (Lipinski definition) is 11. The van der Waals surface area contributed by atoms with Crippen LogP contribution in [0.15, 0.2) is 40.0 Å². The Morgan fingerprint density at radius 2 is 2.12 bits per heavy atom. The molecule has 1 amide bonds. The van der Waals surface area contributed by atoms with Crippen LogP contribution in [-0.4, -0.2) is 64.2 Å². The lowest BCUT2D eigenvalue weighted by atomic mass is 9.92. The molecule has 3 heterocycles. The van der Waals surface area contributed by atoms with Gasteiger partial charge >= 0.3 is 5.97 Å². The number of aliphatic hydroxyl groups is 1. The van der Waals surface area contributed by atoms with E-state index in [9.17, 15) is 24.8 Å². The highest BCUT2D eigenvalue weighted by atomic mass is 32.2. The minimum Gasteiger partial charge on any atom is -0.456 e. The Hall–Kier alpha value is -2.97. The van der Waals surface area contributed by atoms with Gasteiger partial charge in [-0.1, -0.05) is 11.8 Å². The number of rotatable bonds is 8. The fraction of sp³-hybridized carbons (Fsp3) is 0.389. The summed E-state index contributed by atoms with van der Waals surface area (Å²) in [5.74, 6) is -1.27. The third-order valence-corrected chi connectivity index (χ3v) is 7.58. The maximum atomic E-state index is 12.9. The van der Waals surface area contributed by atoms with Crippen LogP contribution < -0.4 is 0 Å². The van der Waals surface area contributed by atoms with Gasteiger partial charge in [0.1, 0.15) is 17.7 Å². The normalized spacial score (nSPS) is 20.7. The average molecular weight is 479 g/mol. The second-order valence-electron chi connectivity index (χ2n) is 7.13. The van der Waals surface area contributed by atoms with Gasteiger partial charge in [0.05, 0.1) is 16.9 Å². The van der Waals surface area contributed by atoms with E-state index in [0.717, 1.165) is 0 Å². The quantitative estimate of drug-likeness (QED) is 0.190. The molecule has 2 aliphatic heterocycles. The molecule has 1 saturated heterocycles. The fourth-order valence-electron chi connectivity index (χ4n) is 3.35. The number of ether oxygens (including phenoxy) is 1. The molecule has 0 bridgehead atoms. The van der Waals surface area contributed by atoms with Crippen molar-refractivity contribution in [3.8, 4) is 0 Å². The zero-order chi connectivity index (χ0) is 23.0. The Kier molecular flexibility index (Phi) is 6.17. The molecule has 1 fully saturated rings. The highest BCUT2D eigenvalue weighted by Gasteiger charge is 2.57. The van der Waals surface area contributed by atoms with Crippen LogP contribution in [0, 0.1) is 16.0 Å². The van der Waals surface area contributed by atoms with Crippen molar-refractivity contribution < 1.29 is 24.4 Å². The maximum Gasteiger partial charge on any atom is 0.356 e. The zero-order valence-electron chi connectivity index (χ0n) is 16.9. The van der Waals surface area contributed by atoms with Crippen molar-refractivity contribution in [3.63, 3.8) is 0 Å². The van der Waals surface area contributed by atoms with Crippen molar-refractivity contribution in [2.24, 2.45) is 13.0 Å². The van der Waals surface area contributed by atoms with Crippen molar-refractivity contribution in [1.29, 1.82) is 0 Å². The first-order chi connectivity index (χ1) is 15.3. The minimum atomic E-state index is -0.844. The number of nitro groups is 1. The third-order valence-electron chi connectivity index (χ3n) is 5.00. The van der Waals surface area contributed by atoms with Crippen LogP contribution >= 0.6 is 23.5 Å². The third kappa shape index (κ3) is 4.08. The minimum absolute atomic E-state index is 0.0641. The number of nitro benzene ring substituents is 1. The van der Waals surface area contributed by atoms with E-state index >= 15 is 0 Å². The van der Waals surface area contributed by atoms with Gasteiger partial charge in [-0.25, -0.2) is 9.48 Å². The molecule has 0 spiro atoms. The predicted octanol–water partition coefficient (Wildman–Crippen LogP) is 1.08. The Bertz CT molecular complexity index is 1100. The van der Waals surface area contributed by atoms with Crippen LogP contribution in [0.5, 0.6) is 0 Å². The molecule has 2 aliphatic rings. The molecule has 32 heavy (non-hydrogen) atoms. The number of hydrogen-bond donors (Lipinski definition) is 1. The molecule has 1 aromatic carbocycles. The topological polar surface area (TPSA) is 154 Å². The summed E-state index contributed by atoms with van der Waals surface area (Å²) in [5.41, 5.74) is 0.654. The van der Waals surface area contributed by atoms with Gasteiger partial charge in [0, 0.05) is 29.8 Å². The lowest BCUT2D eigenvalue weighted by molar-refractivity contribution is -0.384. The smallest absolute Gasteiger partial charge is 0.356 e. The van der Waals surface area contributed by atoms with Crippen LogP contribution in [0.4, 0.5) is 5.69 Å². The van der Waals surface area contributed by atoms with Crippen LogP contribution in [0.1, 0.15) is 12.5 Å². The summed E-state index contributed by atoms with van der Waals surface area (Å²) in [6, 6.07) is 5.66. The van der Waals surface area contributed by atoms with Crippen LogP contribution in [-0.2, 0) is 28.0 Å². The first-order valence-electron chi connectivity index (χ1n) is 9.44.